The molecule has 0 aliphatic rings. The first-order valence-electron chi connectivity index (χ1n) is 4.86. The number of ether oxygens (including phenoxy) is 1. The average molecular weight is 208 g/mol. The van der Waals surface area contributed by atoms with Crippen LogP contribution < -0.4 is 4.74 Å². The molecule has 0 saturated heterocycles. The zero-order valence-electron chi connectivity index (χ0n) is 9.28. The molecule has 15 heavy (non-hydrogen) atoms. The van der Waals surface area contributed by atoms with Crippen LogP contribution in [0.4, 0.5) is 0 Å². The number of carboxylic acids is 1. The van der Waals surface area contributed by atoms with Crippen molar-refractivity contribution in [3.05, 3.63) is 29.8 Å². The maximum Gasteiger partial charge on any atom is 0.307 e. The van der Waals surface area contributed by atoms with Crippen LogP contribution in [0.1, 0.15) is 26.3 Å². The lowest BCUT2D eigenvalue weighted by Crippen LogP contribution is -2.22. The third kappa shape index (κ3) is 4.49. The van der Waals surface area contributed by atoms with Crippen molar-refractivity contribution in [2.75, 3.05) is 0 Å². The lowest BCUT2D eigenvalue weighted by atomic mass is 10.1. The van der Waals surface area contributed by atoms with E-state index in [0.29, 0.717) is 0 Å². The molecule has 1 aromatic rings. The predicted octanol–water partition coefficient (Wildman–Crippen LogP) is 2.49. The second kappa shape index (κ2) is 4.34. The van der Waals surface area contributed by atoms with E-state index in [2.05, 4.69) is 0 Å². The van der Waals surface area contributed by atoms with Gasteiger partial charge in [0.2, 0.25) is 0 Å². The number of carbonyl (C=O) groups is 1. The van der Waals surface area contributed by atoms with E-state index in [-0.39, 0.29) is 12.0 Å². The Hall–Kier alpha value is -1.51. The molecule has 0 spiro atoms. The molecule has 0 unspecified atom stereocenters. The van der Waals surface area contributed by atoms with Crippen LogP contribution >= 0.6 is 0 Å². The molecule has 0 heterocycles. The number of rotatable bonds is 3. The standard InChI is InChI=1S/C12H16O3/c1-12(2,3)15-10-6-4-9(5-7-10)8-11(13)14/h4-7H,8H2,1-3H3,(H,13,14). The SMILES string of the molecule is CC(C)(C)Oc1ccc(CC(=O)O)cc1. The molecular weight excluding hydrogens is 192 g/mol. The quantitative estimate of drug-likeness (QED) is 0.830. The molecule has 1 N–H and O–H groups in total. The molecule has 1 rings (SSSR count). The van der Waals surface area contributed by atoms with E-state index in [4.69, 9.17) is 9.84 Å². The van der Waals surface area contributed by atoms with Gasteiger partial charge in [0.25, 0.3) is 0 Å². The van der Waals surface area contributed by atoms with Gasteiger partial charge in [-0.3, -0.25) is 4.79 Å². The maximum absolute atomic E-state index is 10.5. The molecule has 1 aromatic carbocycles. The number of benzene rings is 1. The zero-order valence-corrected chi connectivity index (χ0v) is 9.28. The number of hydrogen-bond acceptors (Lipinski definition) is 2. The normalized spacial score (nSPS) is 11.1. The summed E-state index contributed by atoms with van der Waals surface area (Å²) in [6.07, 6.45) is 0.0514. The average Bonchev–Trinajstić information content (AvgIpc) is 2.05. The highest BCUT2D eigenvalue weighted by Crippen LogP contribution is 2.18. The lowest BCUT2D eigenvalue weighted by molar-refractivity contribution is -0.136. The van der Waals surface area contributed by atoms with Gasteiger partial charge in [0.05, 0.1) is 6.42 Å². The Bertz CT molecular complexity index is 333. The molecular formula is C12H16O3. The van der Waals surface area contributed by atoms with E-state index >= 15 is 0 Å². The summed E-state index contributed by atoms with van der Waals surface area (Å²) in [4.78, 5) is 10.5. The van der Waals surface area contributed by atoms with Crippen molar-refractivity contribution < 1.29 is 14.6 Å². The fourth-order valence-corrected chi connectivity index (χ4v) is 1.20. The number of aliphatic carboxylic acids is 1. The Labute approximate surface area is 89.7 Å². The van der Waals surface area contributed by atoms with Crippen LogP contribution in [0.15, 0.2) is 24.3 Å². The van der Waals surface area contributed by atoms with Crippen molar-refractivity contribution in [2.24, 2.45) is 0 Å². The Morgan fingerprint density at radius 3 is 2.20 bits per heavy atom. The number of hydrogen-bond donors (Lipinski definition) is 1. The highest BCUT2D eigenvalue weighted by atomic mass is 16.5. The van der Waals surface area contributed by atoms with Gasteiger partial charge in [0.1, 0.15) is 11.4 Å². The molecule has 0 aliphatic carbocycles. The van der Waals surface area contributed by atoms with Crippen molar-refractivity contribution in [2.45, 2.75) is 32.8 Å². The third-order valence-electron chi connectivity index (χ3n) is 1.70. The van der Waals surface area contributed by atoms with Gasteiger partial charge in [0.15, 0.2) is 0 Å². The summed E-state index contributed by atoms with van der Waals surface area (Å²) in [5.41, 5.74) is 0.553. The number of carboxylic acid groups (broad SMARTS) is 1. The Morgan fingerprint density at radius 2 is 1.80 bits per heavy atom. The lowest BCUT2D eigenvalue weighted by Gasteiger charge is -2.21. The topological polar surface area (TPSA) is 46.5 Å². The third-order valence-corrected chi connectivity index (χ3v) is 1.70. The molecule has 0 radical (unpaired) electrons. The second-order valence-electron chi connectivity index (χ2n) is 4.43. The molecule has 0 aromatic heterocycles. The van der Waals surface area contributed by atoms with Gasteiger partial charge in [-0.2, -0.15) is 0 Å². The van der Waals surface area contributed by atoms with Crippen LogP contribution in [0.25, 0.3) is 0 Å². The van der Waals surface area contributed by atoms with Crippen LogP contribution in [0.3, 0.4) is 0 Å². The van der Waals surface area contributed by atoms with Crippen molar-refractivity contribution in [1.82, 2.24) is 0 Å². The molecule has 0 fully saturated rings. The molecule has 3 nitrogen and oxygen atoms in total. The summed E-state index contributed by atoms with van der Waals surface area (Å²) in [5, 5.41) is 8.59. The van der Waals surface area contributed by atoms with Gasteiger partial charge >= 0.3 is 5.97 Å². The minimum atomic E-state index is -0.820. The molecule has 0 saturated carbocycles. The van der Waals surface area contributed by atoms with E-state index in [1.165, 1.54) is 0 Å². The van der Waals surface area contributed by atoms with Crippen molar-refractivity contribution >= 4 is 5.97 Å². The van der Waals surface area contributed by atoms with Crippen LogP contribution in [-0.4, -0.2) is 16.7 Å². The van der Waals surface area contributed by atoms with E-state index < -0.39 is 5.97 Å². The van der Waals surface area contributed by atoms with Gasteiger partial charge in [-0.15, -0.1) is 0 Å². The minimum absolute atomic E-state index is 0.0514. The Morgan fingerprint density at radius 1 is 1.27 bits per heavy atom. The fourth-order valence-electron chi connectivity index (χ4n) is 1.20. The molecule has 0 amide bonds. The first kappa shape index (κ1) is 11.6. The van der Waals surface area contributed by atoms with Gasteiger partial charge in [-0.25, -0.2) is 0 Å². The predicted molar refractivity (Wildman–Crippen MR) is 58.2 cm³/mol. The summed E-state index contributed by atoms with van der Waals surface area (Å²) in [6.45, 7) is 5.91. The molecule has 3 heteroatoms. The van der Waals surface area contributed by atoms with Crippen LogP contribution in [0.2, 0.25) is 0 Å². The van der Waals surface area contributed by atoms with Crippen LogP contribution in [-0.2, 0) is 11.2 Å². The van der Waals surface area contributed by atoms with Gasteiger partial charge < -0.3 is 9.84 Å². The summed E-state index contributed by atoms with van der Waals surface area (Å²) < 4.78 is 5.61. The Kier molecular flexibility index (Phi) is 3.35. The first-order chi connectivity index (χ1) is 6.87. The first-order valence-corrected chi connectivity index (χ1v) is 4.86. The van der Waals surface area contributed by atoms with E-state index in [1.54, 1.807) is 24.3 Å². The van der Waals surface area contributed by atoms with Crippen molar-refractivity contribution in [1.29, 1.82) is 0 Å². The Balaban J connectivity index is 2.68. The van der Waals surface area contributed by atoms with E-state index in [9.17, 15) is 4.79 Å². The van der Waals surface area contributed by atoms with Gasteiger partial charge in [0, 0.05) is 0 Å². The van der Waals surface area contributed by atoms with Gasteiger partial charge in [-0.05, 0) is 38.5 Å². The van der Waals surface area contributed by atoms with Crippen LogP contribution in [0.5, 0.6) is 5.75 Å². The largest absolute Gasteiger partial charge is 0.488 e. The minimum Gasteiger partial charge on any atom is -0.488 e. The highest BCUT2D eigenvalue weighted by molar-refractivity contribution is 5.70. The van der Waals surface area contributed by atoms with E-state index in [1.807, 2.05) is 20.8 Å². The molecule has 0 aliphatic heterocycles. The van der Waals surface area contributed by atoms with Crippen LogP contribution in [0, 0.1) is 0 Å². The maximum atomic E-state index is 10.5. The monoisotopic (exact) mass is 208 g/mol. The van der Waals surface area contributed by atoms with Gasteiger partial charge in [-0.1, -0.05) is 12.1 Å². The summed E-state index contributed by atoms with van der Waals surface area (Å²) in [6, 6.07) is 7.14. The summed E-state index contributed by atoms with van der Waals surface area (Å²) >= 11 is 0. The van der Waals surface area contributed by atoms with Crippen molar-refractivity contribution in [3.8, 4) is 5.75 Å². The second-order valence-corrected chi connectivity index (χ2v) is 4.43. The van der Waals surface area contributed by atoms with E-state index in [0.717, 1.165) is 11.3 Å². The molecule has 82 valence electrons. The smallest absolute Gasteiger partial charge is 0.307 e. The highest BCUT2D eigenvalue weighted by Gasteiger charge is 2.11. The molecule has 0 bridgehead atoms. The van der Waals surface area contributed by atoms with Crippen molar-refractivity contribution in [3.63, 3.8) is 0 Å². The summed E-state index contributed by atoms with van der Waals surface area (Å²) in [5.74, 6) is -0.0591. The fraction of sp³-hybridized carbons (Fsp3) is 0.417. The summed E-state index contributed by atoms with van der Waals surface area (Å²) in [7, 11) is 0. The molecule has 0 atom stereocenters. The zero-order chi connectivity index (χ0) is 11.5.